The molecule has 0 unspecified atom stereocenters. The van der Waals surface area contributed by atoms with E-state index in [9.17, 15) is 4.79 Å². The zero-order chi connectivity index (χ0) is 16.4. The van der Waals surface area contributed by atoms with E-state index in [2.05, 4.69) is 15.4 Å². The Labute approximate surface area is 139 Å². The quantitative estimate of drug-likeness (QED) is 0.802. The number of rotatable bonds is 4. The second-order valence-electron chi connectivity index (χ2n) is 5.63. The summed E-state index contributed by atoms with van der Waals surface area (Å²) in [6.45, 7) is 1.31. The standard InChI is InChI=1S/C18H16N4O2/c23-18(15-2-1-14-6-10-24-16(14)11-15)20-17-5-9-22(21-17)12-13-3-7-19-8-4-13/h1-5,7-9,11H,6,10,12H2,(H,20,21,23). The number of carbonyl (C=O) groups is 1. The summed E-state index contributed by atoms with van der Waals surface area (Å²) in [6, 6.07) is 11.2. The number of hydrogen-bond acceptors (Lipinski definition) is 4. The molecule has 1 aliphatic rings. The Hall–Kier alpha value is -3.15. The van der Waals surface area contributed by atoms with Crippen LogP contribution in [-0.2, 0) is 13.0 Å². The van der Waals surface area contributed by atoms with Gasteiger partial charge in [0.1, 0.15) is 5.75 Å². The predicted molar refractivity (Wildman–Crippen MR) is 89.2 cm³/mol. The lowest BCUT2D eigenvalue weighted by molar-refractivity contribution is 0.102. The third-order valence-electron chi connectivity index (χ3n) is 3.93. The molecule has 0 fully saturated rings. The van der Waals surface area contributed by atoms with E-state index in [1.165, 1.54) is 0 Å². The maximum atomic E-state index is 12.4. The minimum atomic E-state index is -0.192. The number of benzene rings is 1. The average Bonchev–Trinajstić information content (AvgIpc) is 3.24. The second kappa shape index (κ2) is 6.16. The zero-order valence-corrected chi connectivity index (χ0v) is 13.0. The maximum absolute atomic E-state index is 12.4. The van der Waals surface area contributed by atoms with Crippen molar-refractivity contribution in [2.45, 2.75) is 13.0 Å². The summed E-state index contributed by atoms with van der Waals surface area (Å²) in [5.74, 6) is 1.13. The Morgan fingerprint density at radius 2 is 2.08 bits per heavy atom. The molecule has 1 amide bonds. The van der Waals surface area contributed by atoms with E-state index in [0.717, 1.165) is 23.3 Å². The van der Waals surface area contributed by atoms with Gasteiger partial charge in [-0.3, -0.25) is 14.5 Å². The summed E-state index contributed by atoms with van der Waals surface area (Å²) in [5, 5.41) is 7.19. The Balaban J connectivity index is 1.45. The molecule has 3 heterocycles. The molecule has 0 saturated carbocycles. The van der Waals surface area contributed by atoms with Crippen LogP contribution in [0.25, 0.3) is 0 Å². The van der Waals surface area contributed by atoms with E-state index in [0.29, 0.717) is 24.5 Å². The Kier molecular flexibility index (Phi) is 3.70. The lowest BCUT2D eigenvalue weighted by Gasteiger charge is -2.05. The van der Waals surface area contributed by atoms with Crippen LogP contribution in [0.5, 0.6) is 5.75 Å². The summed E-state index contributed by atoms with van der Waals surface area (Å²) in [7, 11) is 0. The molecule has 1 aliphatic heterocycles. The van der Waals surface area contributed by atoms with Crippen LogP contribution in [0.4, 0.5) is 5.82 Å². The van der Waals surface area contributed by atoms with Crippen molar-refractivity contribution in [1.29, 1.82) is 0 Å². The van der Waals surface area contributed by atoms with Crippen LogP contribution < -0.4 is 10.1 Å². The number of fused-ring (bicyclic) bond motifs is 1. The lowest BCUT2D eigenvalue weighted by atomic mass is 10.1. The van der Waals surface area contributed by atoms with Gasteiger partial charge in [-0.15, -0.1) is 0 Å². The Morgan fingerprint density at radius 1 is 1.21 bits per heavy atom. The Morgan fingerprint density at radius 3 is 2.96 bits per heavy atom. The third kappa shape index (κ3) is 2.99. The van der Waals surface area contributed by atoms with Crippen molar-refractivity contribution in [1.82, 2.24) is 14.8 Å². The molecular weight excluding hydrogens is 304 g/mol. The molecule has 0 spiro atoms. The Bertz CT molecular complexity index is 874. The number of hydrogen-bond donors (Lipinski definition) is 1. The van der Waals surface area contributed by atoms with E-state index < -0.39 is 0 Å². The largest absolute Gasteiger partial charge is 0.493 e. The first-order chi connectivity index (χ1) is 11.8. The molecule has 2 aromatic heterocycles. The smallest absolute Gasteiger partial charge is 0.256 e. The summed E-state index contributed by atoms with van der Waals surface area (Å²) in [5.41, 5.74) is 2.81. The van der Waals surface area contributed by atoms with Gasteiger partial charge in [-0.1, -0.05) is 6.07 Å². The van der Waals surface area contributed by atoms with Gasteiger partial charge in [0.25, 0.3) is 5.91 Å². The molecule has 24 heavy (non-hydrogen) atoms. The van der Waals surface area contributed by atoms with Crippen LogP contribution in [0.3, 0.4) is 0 Å². The molecule has 0 radical (unpaired) electrons. The topological polar surface area (TPSA) is 69.0 Å². The molecule has 1 aromatic carbocycles. The summed E-state index contributed by atoms with van der Waals surface area (Å²) < 4.78 is 7.28. The van der Waals surface area contributed by atoms with Crippen molar-refractivity contribution < 1.29 is 9.53 Å². The van der Waals surface area contributed by atoms with Crippen LogP contribution in [0.15, 0.2) is 55.0 Å². The molecule has 3 aromatic rings. The molecule has 0 bridgehead atoms. The fourth-order valence-electron chi connectivity index (χ4n) is 2.69. The number of nitrogens with zero attached hydrogens (tertiary/aromatic N) is 3. The molecule has 6 heteroatoms. The van der Waals surface area contributed by atoms with Crippen LogP contribution in [0.1, 0.15) is 21.5 Å². The van der Waals surface area contributed by atoms with Gasteiger partial charge in [-0.2, -0.15) is 5.10 Å². The van der Waals surface area contributed by atoms with Gasteiger partial charge in [0.2, 0.25) is 0 Å². The first-order valence-corrected chi connectivity index (χ1v) is 7.77. The highest BCUT2D eigenvalue weighted by Gasteiger charge is 2.15. The van der Waals surface area contributed by atoms with Gasteiger partial charge in [-0.25, -0.2) is 0 Å². The van der Waals surface area contributed by atoms with Gasteiger partial charge in [0.05, 0.1) is 13.2 Å². The number of nitrogens with one attached hydrogen (secondary N) is 1. The third-order valence-corrected chi connectivity index (χ3v) is 3.93. The zero-order valence-electron chi connectivity index (χ0n) is 13.0. The first-order valence-electron chi connectivity index (χ1n) is 7.77. The number of aromatic nitrogens is 3. The van der Waals surface area contributed by atoms with Crippen LogP contribution in [-0.4, -0.2) is 27.3 Å². The van der Waals surface area contributed by atoms with E-state index in [4.69, 9.17) is 4.74 Å². The normalized spacial score (nSPS) is 12.5. The van der Waals surface area contributed by atoms with Crippen LogP contribution in [0, 0.1) is 0 Å². The molecule has 6 nitrogen and oxygen atoms in total. The minimum Gasteiger partial charge on any atom is -0.493 e. The van der Waals surface area contributed by atoms with Gasteiger partial charge in [-0.05, 0) is 35.4 Å². The average molecular weight is 320 g/mol. The summed E-state index contributed by atoms with van der Waals surface area (Å²) in [6.07, 6.45) is 6.23. The van der Waals surface area contributed by atoms with Crippen LogP contribution >= 0.6 is 0 Å². The van der Waals surface area contributed by atoms with Crippen molar-refractivity contribution >= 4 is 11.7 Å². The van der Waals surface area contributed by atoms with Gasteiger partial charge in [0, 0.05) is 36.6 Å². The second-order valence-corrected chi connectivity index (χ2v) is 5.63. The highest BCUT2D eigenvalue weighted by atomic mass is 16.5. The van der Waals surface area contributed by atoms with E-state index in [-0.39, 0.29) is 5.91 Å². The van der Waals surface area contributed by atoms with Gasteiger partial charge in [0.15, 0.2) is 5.82 Å². The van der Waals surface area contributed by atoms with E-state index in [1.54, 1.807) is 29.2 Å². The molecule has 0 saturated heterocycles. The number of anilines is 1. The summed E-state index contributed by atoms with van der Waals surface area (Å²) in [4.78, 5) is 16.4. The highest BCUT2D eigenvalue weighted by molar-refractivity contribution is 6.04. The van der Waals surface area contributed by atoms with Gasteiger partial charge < -0.3 is 10.1 Å². The minimum absolute atomic E-state index is 0.192. The fourth-order valence-corrected chi connectivity index (χ4v) is 2.69. The molecule has 1 N–H and O–H groups in total. The first kappa shape index (κ1) is 14.4. The summed E-state index contributed by atoms with van der Waals surface area (Å²) >= 11 is 0. The molecule has 0 atom stereocenters. The molecule has 4 rings (SSSR count). The van der Waals surface area contributed by atoms with Crippen molar-refractivity contribution in [3.63, 3.8) is 0 Å². The number of ether oxygens (including phenoxy) is 1. The predicted octanol–water partition coefficient (Wildman–Crippen LogP) is 2.51. The molecule has 120 valence electrons. The van der Waals surface area contributed by atoms with Crippen molar-refractivity contribution in [2.75, 3.05) is 11.9 Å². The molecule has 0 aliphatic carbocycles. The number of carbonyl (C=O) groups excluding carboxylic acids is 1. The van der Waals surface area contributed by atoms with Gasteiger partial charge >= 0.3 is 0 Å². The van der Waals surface area contributed by atoms with Crippen molar-refractivity contribution in [3.05, 3.63) is 71.7 Å². The fraction of sp³-hybridized carbons (Fsp3) is 0.167. The SMILES string of the molecule is O=C(Nc1ccn(Cc2ccncc2)n1)c1ccc2c(c1)OCC2. The lowest BCUT2D eigenvalue weighted by Crippen LogP contribution is -2.13. The molecular formula is C18H16N4O2. The van der Waals surface area contributed by atoms with Crippen molar-refractivity contribution in [3.8, 4) is 5.75 Å². The van der Waals surface area contributed by atoms with Crippen LogP contribution in [0.2, 0.25) is 0 Å². The van der Waals surface area contributed by atoms with E-state index in [1.807, 2.05) is 30.5 Å². The highest BCUT2D eigenvalue weighted by Crippen LogP contribution is 2.26. The maximum Gasteiger partial charge on any atom is 0.256 e. The number of pyridine rings is 1. The van der Waals surface area contributed by atoms with Crippen molar-refractivity contribution in [2.24, 2.45) is 0 Å². The number of amides is 1. The monoisotopic (exact) mass is 320 g/mol. The van der Waals surface area contributed by atoms with E-state index >= 15 is 0 Å².